The lowest BCUT2D eigenvalue weighted by atomic mass is 10.0. The maximum Gasteiger partial charge on any atom is 0.272 e. The van der Waals surface area contributed by atoms with Crippen LogP contribution in [-0.2, 0) is 0 Å². The van der Waals surface area contributed by atoms with Gasteiger partial charge in [-0.2, -0.15) is 0 Å². The number of carbonyl (C=O) groups excluding carboxylic acids is 1. The van der Waals surface area contributed by atoms with Crippen LogP contribution < -0.4 is 0 Å². The van der Waals surface area contributed by atoms with Crippen molar-refractivity contribution in [1.82, 2.24) is 14.9 Å². The van der Waals surface area contributed by atoms with E-state index in [0.717, 1.165) is 0 Å². The Balaban J connectivity index is 1.91. The van der Waals surface area contributed by atoms with Crippen molar-refractivity contribution in [3.63, 3.8) is 0 Å². The van der Waals surface area contributed by atoms with Gasteiger partial charge < -0.3 is 15.0 Å². The third-order valence-electron chi connectivity index (χ3n) is 3.71. The molecule has 0 radical (unpaired) electrons. The molecular formula is C15H16FN3O2. The summed E-state index contributed by atoms with van der Waals surface area (Å²) in [6.45, 7) is 2.00. The molecule has 1 amide bonds. The summed E-state index contributed by atoms with van der Waals surface area (Å²) in [6.07, 6.45) is 1.28. The molecule has 1 aromatic carbocycles. The molecule has 0 aliphatic carbocycles. The van der Waals surface area contributed by atoms with Gasteiger partial charge in [0.25, 0.3) is 5.91 Å². The SMILES string of the molecule is Cc1ncc(C(=O)N2C[C@H](O)C[C@H]2c2cccc(F)c2)[nH]1. The van der Waals surface area contributed by atoms with Crippen molar-refractivity contribution in [2.45, 2.75) is 25.5 Å². The minimum Gasteiger partial charge on any atom is -0.391 e. The van der Waals surface area contributed by atoms with E-state index >= 15 is 0 Å². The molecule has 2 atom stereocenters. The van der Waals surface area contributed by atoms with Gasteiger partial charge in [-0.1, -0.05) is 12.1 Å². The first-order chi connectivity index (χ1) is 10.0. The molecule has 2 N–H and O–H groups in total. The average Bonchev–Trinajstić information content (AvgIpc) is 3.04. The van der Waals surface area contributed by atoms with Crippen LogP contribution in [0.3, 0.4) is 0 Å². The van der Waals surface area contributed by atoms with E-state index in [1.165, 1.54) is 18.3 Å². The van der Waals surface area contributed by atoms with Crippen LogP contribution in [0.15, 0.2) is 30.5 Å². The van der Waals surface area contributed by atoms with Gasteiger partial charge in [0.15, 0.2) is 0 Å². The van der Waals surface area contributed by atoms with Crippen LogP contribution in [0.2, 0.25) is 0 Å². The fourth-order valence-electron chi connectivity index (χ4n) is 2.75. The minimum atomic E-state index is -0.605. The second-order valence-corrected chi connectivity index (χ2v) is 5.30. The molecule has 6 heteroatoms. The highest BCUT2D eigenvalue weighted by Gasteiger charge is 2.36. The number of nitrogens with zero attached hydrogens (tertiary/aromatic N) is 2. The molecule has 3 rings (SSSR count). The predicted molar refractivity (Wildman–Crippen MR) is 74.1 cm³/mol. The highest BCUT2D eigenvalue weighted by atomic mass is 19.1. The Morgan fingerprint density at radius 1 is 1.52 bits per heavy atom. The number of halogens is 1. The van der Waals surface area contributed by atoms with Gasteiger partial charge in [-0.3, -0.25) is 4.79 Å². The second-order valence-electron chi connectivity index (χ2n) is 5.30. The smallest absolute Gasteiger partial charge is 0.272 e. The van der Waals surface area contributed by atoms with E-state index in [1.807, 2.05) is 0 Å². The fraction of sp³-hybridized carbons (Fsp3) is 0.333. The highest BCUT2D eigenvalue weighted by molar-refractivity contribution is 5.92. The van der Waals surface area contributed by atoms with E-state index in [4.69, 9.17) is 0 Å². The number of rotatable bonds is 2. The number of β-amino-alcohol motifs (C(OH)–C–C–N with tert-alkyl or cyclic N) is 1. The van der Waals surface area contributed by atoms with Crippen LogP contribution in [-0.4, -0.2) is 38.5 Å². The van der Waals surface area contributed by atoms with Crippen molar-refractivity contribution in [1.29, 1.82) is 0 Å². The molecule has 1 aromatic heterocycles. The molecule has 2 heterocycles. The van der Waals surface area contributed by atoms with Gasteiger partial charge in [0, 0.05) is 6.54 Å². The Hall–Kier alpha value is -2.21. The molecule has 1 saturated heterocycles. The van der Waals surface area contributed by atoms with Gasteiger partial charge >= 0.3 is 0 Å². The number of imidazole rings is 1. The van der Waals surface area contributed by atoms with Crippen molar-refractivity contribution in [3.05, 3.63) is 53.4 Å². The summed E-state index contributed by atoms with van der Waals surface area (Å²) < 4.78 is 13.4. The summed E-state index contributed by atoms with van der Waals surface area (Å²) in [6, 6.07) is 5.81. The largest absolute Gasteiger partial charge is 0.391 e. The number of likely N-dealkylation sites (tertiary alicyclic amines) is 1. The Morgan fingerprint density at radius 2 is 2.33 bits per heavy atom. The lowest BCUT2D eigenvalue weighted by molar-refractivity contribution is 0.0710. The van der Waals surface area contributed by atoms with Gasteiger partial charge in [-0.25, -0.2) is 9.37 Å². The lowest BCUT2D eigenvalue weighted by Gasteiger charge is -2.24. The van der Waals surface area contributed by atoms with Gasteiger partial charge in [0.2, 0.25) is 0 Å². The third-order valence-corrected chi connectivity index (χ3v) is 3.71. The number of aromatic nitrogens is 2. The van der Waals surface area contributed by atoms with Crippen molar-refractivity contribution >= 4 is 5.91 Å². The molecule has 0 unspecified atom stereocenters. The standard InChI is InChI=1S/C15H16FN3O2/c1-9-17-7-13(18-9)15(21)19-8-12(20)6-14(19)10-3-2-4-11(16)5-10/h2-5,7,12,14,20H,6,8H2,1H3,(H,17,18)/t12-,14+/m1/s1. The van der Waals surface area contributed by atoms with E-state index in [-0.39, 0.29) is 24.3 Å². The topological polar surface area (TPSA) is 69.2 Å². The molecule has 5 nitrogen and oxygen atoms in total. The zero-order valence-electron chi connectivity index (χ0n) is 11.6. The summed E-state index contributed by atoms with van der Waals surface area (Å²) >= 11 is 0. The molecule has 0 spiro atoms. The van der Waals surface area contributed by atoms with Gasteiger partial charge in [0.05, 0.1) is 18.3 Å². The van der Waals surface area contributed by atoms with Crippen LogP contribution in [0.5, 0.6) is 0 Å². The zero-order valence-corrected chi connectivity index (χ0v) is 11.6. The fourth-order valence-corrected chi connectivity index (χ4v) is 2.75. The first-order valence-corrected chi connectivity index (χ1v) is 6.80. The van der Waals surface area contributed by atoms with E-state index in [1.54, 1.807) is 24.0 Å². The number of hydrogen-bond donors (Lipinski definition) is 2. The van der Waals surface area contributed by atoms with Gasteiger partial charge in [-0.15, -0.1) is 0 Å². The second kappa shape index (κ2) is 5.29. The molecule has 2 aromatic rings. The van der Waals surface area contributed by atoms with Crippen LogP contribution >= 0.6 is 0 Å². The number of nitrogens with one attached hydrogen (secondary N) is 1. The summed E-state index contributed by atoms with van der Waals surface area (Å²) in [5.74, 6) is 0.0699. The number of aryl methyl sites for hydroxylation is 1. The summed E-state index contributed by atoms with van der Waals surface area (Å²) in [7, 11) is 0. The van der Waals surface area contributed by atoms with E-state index in [9.17, 15) is 14.3 Å². The Bertz CT molecular complexity index is 670. The molecule has 1 aliphatic rings. The van der Waals surface area contributed by atoms with E-state index in [2.05, 4.69) is 9.97 Å². The molecule has 0 bridgehead atoms. The van der Waals surface area contributed by atoms with Crippen LogP contribution in [0, 0.1) is 12.7 Å². The number of amides is 1. The summed E-state index contributed by atoms with van der Waals surface area (Å²) in [4.78, 5) is 21.0. The highest BCUT2D eigenvalue weighted by Crippen LogP contribution is 2.33. The van der Waals surface area contributed by atoms with Crippen LogP contribution in [0.4, 0.5) is 4.39 Å². The summed E-state index contributed by atoms with van der Waals surface area (Å²) in [5, 5.41) is 9.89. The maximum absolute atomic E-state index is 13.4. The Kier molecular flexibility index (Phi) is 3.47. The molecule has 1 fully saturated rings. The Morgan fingerprint density at radius 3 is 3.00 bits per heavy atom. The van der Waals surface area contributed by atoms with E-state index in [0.29, 0.717) is 23.5 Å². The van der Waals surface area contributed by atoms with Gasteiger partial charge in [0.1, 0.15) is 17.3 Å². The molecule has 1 aliphatic heterocycles. The monoisotopic (exact) mass is 289 g/mol. The number of aliphatic hydroxyl groups excluding tert-OH is 1. The molecule has 0 saturated carbocycles. The van der Waals surface area contributed by atoms with Gasteiger partial charge in [-0.05, 0) is 31.0 Å². The first kappa shape index (κ1) is 13.8. The molecule has 110 valence electrons. The van der Waals surface area contributed by atoms with Crippen LogP contribution in [0.25, 0.3) is 0 Å². The van der Waals surface area contributed by atoms with Crippen molar-refractivity contribution in [3.8, 4) is 0 Å². The predicted octanol–water partition coefficient (Wildman–Crippen LogP) is 1.81. The minimum absolute atomic E-state index is 0.234. The number of benzene rings is 1. The van der Waals surface area contributed by atoms with Crippen LogP contribution in [0.1, 0.15) is 34.3 Å². The Labute approximate surface area is 121 Å². The average molecular weight is 289 g/mol. The van der Waals surface area contributed by atoms with E-state index < -0.39 is 6.10 Å². The third kappa shape index (κ3) is 2.67. The zero-order chi connectivity index (χ0) is 15.0. The number of aromatic amines is 1. The summed E-state index contributed by atoms with van der Waals surface area (Å²) in [5.41, 5.74) is 1.07. The number of hydrogen-bond acceptors (Lipinski definition) is 3. The molecule has 21 heavy (non-hydrogen) atoms. The van der Waals surface area contributed by atoms with Crippen molar-refractivity contribution in [2.24, 2.45) is 0 Å². The molecular weight excluding hydrogens is 273 g/mol. The van der Waals surface area contributed by atoms with Crippen molar-refractivity contribution in [2.75, 3.05) is 6.54 Å². The maximum atomic E-state index is 13.4. The number of H-pyrrole nitrogens is 1. The number of carbonyl (C=O) groups is 1. The lowest BCUT2D eigenvalue weighted by Crippen LogP contribution is -2.32. The number of aliphatic hydroxyl groups is 1. The normalized spacial score (nSPS) is 21.8. The quantitative estimate of drug-likeness (QED) is 0.886. The first-order valence-electron chi connectivity index (χ1n) is 6.80. The van der Waals surface area contributed by atoms with Crippen molar-refractivity contribution < 1.29 is 14.3 Å².